The van der Waals surface area contributed by atoms with Crippen LogP contribution in [0.5, 0.6) is 11.5 Å². The van der Waals surface area contributed by atoms with Crippen molar-refractivity contribution >= 4 is 17.4 Å². The molecule has 7 heteroatoms. The average Bonchev–Trinajstić information content (AvgIpc) is 3.30. The normalized spacial score (nSPS) is 10.4. The minimum Gasteiger partial charge on any atom is -0.493 e. The number of rotatable bonds is 6. The highest BCUT2D eigenvalue weighted by atomic mass is 16.5. The van der Waals surface area contributed by atoms with Gasteiger partial charge in [0.05, 0.1) is 14.2 Å². The summed E-state index contributed by atoms with van der Waals surface area (Å²) < 4.78 is 16.1. The van der Waals surface area contributed by atoms with Gasteiger partial charge in [0.15, 0.2) is 11.5 Å². The Kier molecular flexibility index (Phi) is 5.84. The molecule has 1 heterocycles. The molecular formula is C24H21N3O4. The molecule has 4 aromatic rings. The number of carbonyl (C=O) groups excluding carboxylic acids is 1. The Morgan fingerprint density at radius 3 is 2.19 bits per heavy atom. The zero-order valence-corrected chi connectivity index (χ0v) is 17.1. The smallest absolute Gasteiger partial charge is 0.323 e. The summed E-state index contributed by atoms with van der Waals surface area (Å²) in [6, 6.07) is 21.9. The van der Waals surface area contributed by atoms with Crippen LogP contribution in [0.4, 0.5) is 16.2 Å². The van der Waals surface area contributed by atoms with E-state index in [0.29, 0.717) is 28.8 Å². The maximum absolute atomic E-state index is 12.3. The van der Waals surface area contributed by atoms with Gasteiger partial charge in [-0.15, -0.1) is 0 Å². The number of nitrogens with zero attached hydrogens (tertiary/aromatic N) is 1. The van der Waals surface area contributed by atoms with Crippen molar-refractivity contribution in [1.29, 1.82) is 0 Å². The highest BCUT2D eigenvalue weighted by Gasteiger charge is 2.10. The molecule has 0 aliphatic carbocycles. The molecule has 31 heavy (non-hydrogen) atoms. The van der Waals surface area contributed by atoms with Gasteiger partial charge in [-0.05, 0) is 36.4 Å². The Bertz CT molecular complexity index is 1170. The molecule has 2 amide bonds. The zero-order chi connectivity index (χ0) is 21.6. The van der Waals surface area contributed by atoms with Crippen molar-refractivity contribution in [2.24, 2.45) is 0 Å². The third-order valence-corrected chi connectivity index (χ3v) is 4.60. The first-order valence-corrected chi connectivity index (χ1v) is 9.57. The summed E-state index contributed by atoms with van der Waals surface area (Å²) in [5, 5.41) is 5.56. The molecule has 0 radical (unpaired) electrons. The van der Waals surface area contributed by atoms with E-state index in [1.165, 1.54) is 0 Å². The Morgan fingerprint density at radius 1 is 0.806 bits per heavy atom. The summed E-state index contributed by atoms with van der Waals surface area (Å²) in [5.41, 5.74) is 3.79. The summed E-state index contributed by atoms with van der Waals surface area (Å²) in [5.74, 6) is 1.64. The Morgan fingerprint density at radius 2 is 1.48 bits per heavy atom. The van der Waals surface area contributed by atoms with Crippen molar-refractivity contribution < 1.29 is 18.7 Å². The molecule has 0 bridgehead atoms. The second-order valence-corrected chi connectivity index (χ2v) is 6.63. The van der Waals surface area contributed by atoms with E-state index < -0.39 is 0 Å². The van der Waals surface area contributed by atoms with Crippen molar-refractivity contribution in [3.63, 3.8) is 0 Å². The largest absolute Gasteiger partial charge is 0.493 e. The number of anilines is 2. The van der Waals surface area contributed by atoms with Crippen molar-refractivity contribution in [1.82, 2.24) is 4.98 Å². The number of hydrogen-bond acceptors (Lipinski definition) is 5. The van der Waals surface area contributed by atoms with E-state index in [4.69, 9.17) is 13.9 Å². The molecule has 3 aromatic carbocycles. The number of aromatic nitrogens is 1. The molecule has 0 aliphatic heterocycles. The van der Waals surface area contributed by atoms with Gasteiger partial charge in [0.2, 0.25) is 5.89 Å². The number of amides is 2. The minimum absolute atomic E-state index is 0.373. The van der Waals surface area contributed by atoms with Crippen molar-refractivity contribution in [2.75, 3.05) is 24.9 Å². The fourth-order valence-corrected chi connectivity index (χ4v) is 3.05. The van der Waals surface area contributed by atoms with E-state index in [1.54, 1.807) is 50.8 Å². The van der Waals surface area contributed by atoms with Gasteiger partial charge in [-0.3, -0.25) is 0 Å². The van der Waals surface area contributed by atoms with Crippen LogP contribution >= 0.6 is 0 Å². The quantitative estimate of drug-likeness (QED) is 0.424. The summed E-state index contributed by atoms with van der Waals surface area (Å²) in [4.78, 5) is 16.9. The minimum atomic E-state index is -0.373. The van der Waals surface area contributed by atoms with Gasteiger partial charge in [0.1, 0.15) is 12.0 Å². The van der Waals surface area contributed by atoms with E-state index in [-0.39, 0.29) is 6.03 Å². The van der Waals surface area contributed by atoms with Crippen molar-refractivity contribution in [3.8, 4) is 34.2 Å². The summed E-state index contributed by atoms with van der Waals surface area (Å²) in [6.07, 6.45) is 1.63. The molecule has 1 aromatic heterocycles. The molecule has 2 N–H and O–H groups in total. The van der Waals surface area contributed by atoms with Crippen LogP contribution in [0, 0.1) is 0 Å². The molecule has 0 spiro atoms. The van der Waals surface area contributed by atoms with E-state index in [9.17, 15) is 4.79 Å². The van der Waals surface area contributed by atoms with E-state index in [1.807, 2.05) is 42.5 Å². The molecule has 156 valence electrons. The number of methoxy groups -OCH3 is 2. The molecule has 0 fully saturated rings. The lowest BCUT2D eigenvalue weighted by molar-refractivity contribution is 0.262. The van der Waals surface area contributed by atoms with Crippen LogP contribution in [0.2, 0.25) is 0 Å². The van der Waals surface area contributed by atoms with E-state index in [0.717, 1.165) is 16.8 Å². The third kappa shape index (κ3) is 4.67. The summed E-state index contributed by atoms with van der Waals surface area (Å²) in [6.45, 7) is 0. The highest BCUT2D eigenvalue weighted by Crippen LogP contribution is 2.30. The summed E-state index contributed by atoms with van der Waals surface area (Å²) in [7, 11) is 3.10. The van der Waals surface area contributed by atoms with Gasteiger partial charge in [0.25, 0.3) is 0 Å². The molecule has 7 nitrogen and oxygen atoms in total. The van der Waals surface area contributed by atoms with Crippen LogP contribution in [-0.2, 0) is 0 Å². The lowest BCUT2D eigenvalue weighted by Gasteiger charge is -2.11. The monoisotopic (exact) mass is 415 g/mol. The number of oxazole rings is 1. The third-order valence-electron chi connectivity index (χ3n) is 4.60. The first-order chi connectivity index (χ1) is 15.2. The second-order valence-electron chi connectivity index (χ2n) is 6.63. The maximum atomic E-state index is 12.3. The Hall–Kier alpha value is -4.26. The number of urea groups is 1. The van der Waals surface area contributed by atoms with Gasteiger partial charge < -0.3 is 24.5 Å². The van der Waals surface area contributed by atoms with Crippen LogP contribution in [0.1, 0.15) is 0 Å². The lowest BCUT2D eigenvalue weighted by Crippen LogP contribution is -2.19. The standard InChI is InChI=1S/C24H21N3O4/c1-29-21-13-12-19(14-22(21)30-2)26-24(28)25-18-10-8-17(9-11-18)23-27-20(15-31-23)16-6-4-3-5-7-16/h3-15H,1-2H3,(H2,25,26,28). The topological polar surface area (TPSA) is 85.6 Å². The summed E-state index contributed by atoms with van der Waals surface area (Å²) >= 11 is 0. The molecule has 0 unspecified atom stereocenters. The lowest BCUT2D eigenvalue weighted by atomic mass is 10.2. The molecule has 0 saturated carbocycles. The molecular weight excluding hydrogens is 394 g/mol. The molecule has 0 saturated heterocycles. The Balaban J connectivity index is 1.41. The van der Waals surface area contributed by atoms with Gasteiger partial charge in [0, 0.05) is 28.6 Å². The fourth-order valence-electron chi connectivity index (χ4n) is 3.05. The zero-order valence-electron chi connectivity index (χ0n) is 17.1. The van der Waals surface area contributed by atoms with Gasteiger partial charge in [-0.1, -0.05) is 30.3 Å². The van der Waals surface area contributed by atoms with Gasteiger partial charge in [-0.25, -0.2) is 9.78 Å². The first-order valence-electron chi connectivity index (χ1n) is 9.57. The van der Waals surface area contributed by atoms with Crippen LogP contribution in [0.25, 0.3) is 22.7 Å². The van der Waals surface area contributed by atoms with E-state index in [2.05, 4.69) is 15.6 Å². The van der Waals surface area contributed by atoms with Gasteiger partial charge in [-0.2, -0.15) is 0 Å². The number of nitrogens with one attached hydrogen (secondary N) is 2. The van der Waals surface area contributed by atoms with Crippen molar-refractivity contribution in [3.05, 3.63) is 79.1 Å². The Labute approximate surface area is 179 Å². The number of hydrogen-bond donors (Lipinski definition) is 2. The number of benzene rings is 3. The van der Waals surface area contributed by atoms with Crippen LogP contribution < -0.4 is 20.1 Å². The highest BCUT2D eigenvalue weighted by molar-refractivity contribution is 6.00. The fraction of sp³-hybridized carbons (Fsp3) is 0.0833. The van der Waals surface area contributed by atoms with Crippen LogP contribution in [0.3, 0.4) is 0 Å². The predicted molar refractivity (Wildman–Crippen MR) is 120 cm³/mol. The van der Waals surface area contributed by atoms with E-state index >= 15 is 0 Å². The molecule has 4 rings (SSSR count). The molecule has 0 atom stereocenters. The van der Waals surface area contributed by atoms with Crippen LogP contribution in [0.15, 0.2) is 83.5 Å². The number of carbonyl (C=O) groups is 1. The van der Waals surface area contributed by atoms with Gasteiger partial charge >= 0.3 is 6.03 Å². The van der Waals surface area contributed by atoms with Crippen LogP contribution in [-0.4, -0.2) is 25.2 Å². The SMILES string of the molecule is COc1ccc(NC(=O)Nc2ccc(-c3nc(-c4ccccc4)co3)cc2)cc1OC. The first kappa shape index (κ1) is 20.0. The average molecular weight is 415 g/mol. The molecule has 0 aliphatic rings. The predicted octanol–water partition coefficient (Wildman–Crippen LogP) is 5.67. The second kappa shape index (κ2) is 9.04. The number of ether oxygens (including phenoxy) is 2. The maximum Gasteiger partial charge on any atom is 0.323 e. The van der Waals surface area contributed by atoms with Crippen molar-refractivity contribution in [2.45, 2.75) is 0 Å².